The van der Waals surface area contributed by atoms with Crippen LogP contribution in [0.1, 0.15) is 39.5 Å². The van der Waals surface area contributed by atoms with Gasteiger partial charge in [-0.2, -0.15) is 0 Å². The summed E-state index contributed by atoms with van der Waals surface area (Å²) in [6.45, 7) is 4.39. The van der Waals surface area contributed by atoms with Gasteiger partial charge in [-0.05, 0) is 31.6 Å². The van der Waals surface area contributed by atoms with E-state index in [1.807, 2.05) is 13.8 Å². The van der Waals surface area contributed by atoms with Crippen LogP contribution in [0, 0.1) is 5.92 Å². The minimum atomic E-state index is -1.07. The maximum absolute atomic E-state index is 12.5. The Balaban J connectivity index is 2.76. The van der Waals surface area contributed by atoms with E-state index in [1.165, 1.54) is 18.1 Å². The minimum absolute atomic E-state index is 0.310. The molecule has 23 heavy (non-hydrogen) atoms. The lowest BCUT2D eigenvalue weighted by molar-refractivity contribution is -0.135. The quantitative estimate of drug-likeness (QED) is 0.573. The number of carboxylic acid groups (broad SMARTS) is 1. The van der Waals surface area contributed by atoms with Crippen molar-refractivity contribution in [2.24, 2.45) is 5.92 Å². The van der Waals surface area contributed by atoms with Crippen molar-refractivity contribution in [2.45, 2.75) is 51.6 Å². The largest absolute Gasteiger partial charge is 0.466 e. The zero-order chi connectivity index (χ0) is 17.4. The van der Waals surface area contributed by atoms with Gasteiger partial charge in [0.2, 0.25) is 5.91 Å². The fourth-order valence-corrected chi connectivity index (χ4v) is 2.67. The summed E-state index contributed by atoms with van der Waals surface area (Å²) in [6.07, 6.45) is 4.57. The Morgan fingerprint density at radius 3 is 2.61 bits per heavy atom. The Kier molecular flexibility index (Phi) is 7.57. The van der Waals surface area contributed by atoms with Gasteiger partial charge in [0, 0.05) is 18.7 Å². The van der Waals surface area contributed by atoms with Crippen LogP contribution in [0.2, 0.25) is 0 Å². The third-order valence-corrected chi connectivity index (χ3v) is 3.77. The summed E-state index contributed by atoms with van der Waals surface area (Å²) in [5.74, 6) is -0.491. The Bertz CT molecular complexity index is 461. The highest BCUT2D eigenvalue weighted by molar-refractivity contribution is 5.86. The Morgan fingerprint density at radius 1 is 1.35 bits per heavy atom. The van der Waals surface area contributed by atoms with Crippen LogP contribution in [-0.4, -0.2) is 53.7 Å². The van der Waals surface area contributed by atoms with Gasteiger partial charge in [0.05, 0.1) is 7.11 Å². The first kappa shape index (κ1) is 19.0. The highest BCUT2D eigenvalue weighted by Gasteiger charge is 2.32. The van der Waals surface area contributed by atoms with Gasteiger partial charge in [-0.25, -0.2) is 9.59 Å². The summed E-state index contributed by atoms with van der Waals surface area (Å²) < 4.78 is 4.55. The predicted molar refractivity (Wildman–Crippen MR) is 84.9 cm³/mol. The first-order valence-electron chi connectivity index (χ1n) is 7.91. The highest BCUT2D eigenvalue weighted by atomic mass is 16.5. The molecule has 0 saturated carbocycles. The lowest BCUT2D eigenvalue weighted by Gasteiger charge is -2.33. The van der Waals surface area contributed by atoms with Crippen LogP contribution in [0.3, 0.4) is 0 Å². The van der Waals surface area contributed by atoms with E-state index in [2.05, 4.69) is 10.1 Å². The number of likely N-dealkylation sites (tertiary alicyclic amines) is 1. The number of piperidine rings is 1. The number of carbonyl (C=O) groups is 3. The Labute approximate surface area is 136 Å². The van der Waals surface area contributed by atoms with E-state index in [-0.39, 0.29) is 11.9 Å². The van der Waals surface area contributed by atoms with E-state index < -0.39 is 18.1 Å². The number of hydrogen-bond donors (Lipinski definition) is 2. The number of esters is 1. The van der Waals surface area contributed by atoms with Crippen molar-refractivity contribution < 1.29 is 24.2 Å². The second-order valence-electron chi connectivity index (χ2n) is 6.11. The van der Waals surface area contributed by atoms with Crippen molar-refractivity contribution >= 4 is 18.0 Å². The molecule has 1 saturated heterocycles. The second-order valence-corrected chi connectivity index (χ2v) is 6.11. The number of amides is 2. The van der Waals surface area contributed by atoms with E-state index in [4.69, 9.17) is 0 Å². The van der Waals surface area contributed by atoms with Crippen molar-refractivity contribution in [3.8, 4) is 0 Å². The zero-order valence-electron chi connectivity index (χ0n) is 13.9. The predicted octanol–water partition coefficient (Wildman–Crippen LogP) is 1.78. The standard InChI is InChI=1S/C16H26N2O5/c1-11(2)10-12(7-8-14(19)23-3)17-15(20)13-6-4-5-9-18(13)16(21)22/h7-8,11-13H,4-6,9-10H2,1-3H3,(H,17,20)(H,21,22)/b8-7+/t12-,13+/m1/s1. The van der Waals surface area contributed by atoms with Crippen LogP contribution < -0.4 is 5.32 Å². The van der Waals surface area contributed by atoms with Gasteiger partial charge in [0.15, 0.2) is 0 Å². The third kappa shape index (κ3) is 6.30. The molecule has 2 amide bonds. The lowest BCUT2D eigenvalue weighted by atomic mass is 9.99. The number of methoxy groups -OCH3 is 1. The van der Waals surface area contributed by atoms with Crippen LogP contribution in [-0.2, 0) is 14.3 Å². The molecule has 0 aliphatic carbocycles. The second kappa shape index (κ2) is 9.17. The molecule has 1 heterocycles. The molecule has 1 rings (SSSR count). The summed E-state index contributed by atoms with van der Waals surface area (Å²) in [5.41, 5.74) is 0. The molecular formula is C16H26N2O5. The maximum atomic E-state index is 12.5. The molecular weight excluding hydrogens is 300 g/mol. The minimum Gasteiger partial charge on any atom is -0.466 e. The van der Waals surface area contributed by atoms with Gasteiger partial charge >= 0.3 is 12.1 Å². The number of nitrogens with zero attached hydrogens (tertiary/aromatic N) is 1. The highest BCUT2D eigenvalue weighted by Crippen LogP contribution is 2.18. The first-order valence-corrected chi connectivity index (χ1v) is 7.91. The van der Waals surface area contributed by atoms with Gasteiger partial charge in [0.25, 0.3) is 0 Å². The monoisotopic (exact) mass is 326 g/mol. The number of ether oxygens (including phenoxy) is 1. The number of nitrogens with one attached hydrogen (secondary N) is 1. The van der Waals surface area contributed by atoms with Crippen LogP contribution in [0.4, 0.5) is 4.79 Å². The van der Waals surface area contributed by atoms with E-state index in [0.717, 1.165) is 12.8 Å². The number of carbonyl (C=O) groups excluding carboxylic acids is 2. The smallest absolute Gasteiger partial charge is 0.407 e. The molecule has 7 nitrogen and oxygen atoms in total. The van der Waals surface area contributed by atoms with E-state index >= 15 is 0 Å². The summed E-state index contributed by atoms with van der Waals surface area (Å²) in [7, 11) is 1.29. The van der Waals surface area contributed by atoms with Crippen LogP contribution >= 0.6 is 0 Å². The molecule has 7 heteroatoms. The summed E-state index contributed by atoms with van der Waals surface area (Å²) in [5, 5.41) is 12.1. The van der Waals surface area contributed by atoms with Crippen molar-refractivity contribution in [1.29, 1.82) is 0 Å². The van der Waals surface area contributed by atoms with E-state index in [1.54, 1.807) is 6.08 Å². The molecule has 0 aromatic heterocycles. The first-order chi connectivity index (χ1) is 10.8. The molecule has 2 atom stereocenters. The van der Waals surface area contributed by atoms with Crippen LogP contribution in [0.25, 0.3) is 0 Å². The normalized spacial score (nSPS) is 19.7. The zero-order valence-corrected chi connectivity index (χ0v) is 13.9. The molecule has 1 fully saturated rings. The SMILES string of the molecule is COC(=O)/C=C/[C@H](CC(C)C)NC(=O)[C@@H]1CCCCN1C(=O)O. The van der Waals surface area contributed by atoms with Crippen molar-refractivity contribution in [1.82, 2.24) is 10.2 Å². The van der Waals surface area contributed by atoms with Crippen molar-refractivity contribution in [3.63, 3.8) is 0 Å². The van der Waals surface area contributed by atoms with Crippen molar-refractivity contribution in [2.75, 3.05) is 13.7 Å². The van der Waals surface area contributed by atoms with Crippen molar-refractivity contribution in [3.05, 3.63) is 12.2 Å². The summed E-state index contributed by atoms with van der Waals surface area (Å²) >= 11 is 0. The molecule has 0 radical (unpaired) electrons. The average molecular weight is 326 g/mol. The number of hydrogen-bond acceptors (Lipinski definition) is 4. The molecule has 0 aromatic rings. The summed E-state index contributed by atoms with van der Waals surface area (Å²) in [6, 6.07) is -0.999. The van der Waals surface area contributed by atoms with E-state index in [9.17, 15) is 19.5 Å². The molecule has 2 N–H and O–H groups in total. The summed E-state index contributed by atoms with van der Waals surface area (Å²) in [4.78, 5) is 36.1. The lowest BCUT2D eigenvalue weighted by Crippen LogP contribution is -2.53. The van der Waals surface area contributed by atoms with Gasteiger partial charge in [-0.15, -0.1) is 0 Å². The molecule has 1 aliphatic heterocycles. The molecule has 0 aromatic carbocycles. The third-order valence-electron chi connectivity index (χ3n) is 3.77. The average Bonchev–Trinajstić information content (AvgIpc) is 2.51. The Hall–Kier alpha value is -2.05. The van der Waals surface area contributed by atoms with Crippen LogP contribution in [0.15, 0.2) is 12.2 Å². The van der Waals surface area contributed by atoms with E-state index in [0.29, 0.717) is 25.3 Å². The number of rotatable bonds is 6. The fourth-order valence-electron chi connectivity index (χ4n) is 2.67. The molecule has 0 unspecified atom stereocenters. The fraction of sp³-hybridized carbons (Fsp3) is 0.688. The van der Waals surface area contributed by atoms with Gasteiger partial charge in [-0.3, -0.25) is 9.69 Å². The van der Waals surface area contributed by atoms with Gasteiger partial charge in [0.1, 0.15) is 6.04 Å². The van der Waals surface area contributed by atoms with Gasteiger partial charge < -0.3 is 15.2 Å². The molecule has 130 valence electrons. The maximum Gasteiger partial charge on any atom is 0.407 e. The topological polar surface area (TPSA) is 95.9 Å². The van der Waals surface area contributed by atoms with Crippen LogP contribution in [0.5, 0.6) is 0 Å². The van der Waals surface area contributed by atoms with Gasteiger partial charge in [-0.1, -0.05) is 19.9 Å². The molecule has 1 aliphatic rings. The Morgan fingerprint density at radius 2 is 2.04 bits per heavy atom. The molecule has 0 bridgehead atoms. The molecule has 0 spiro atoms.